The third kappa shape index (κ3) is 5.86. The average Bonchev–Trinajstić information content (AvgIpc) is 3.30. The molecule has 0 spiro atoms. The van der Waals surface area contributed by atoms with Crippen molar-refractivity contribution in [2.45, 2.75) is 19.9 Å². The van der Waals surface area contributed by atoms with Crippen molar-refractivity contribution in [3.63, 3.8) is 0 Å². The Balaban J connectivity index is 1.23. The lowest BCUT2D eigenvalue weighted by Crippen LogP contribution is -2.38. The minimum atomic E-state index is -3.27. The number of nitrogens with zero attached hydrogens (tertiary/aromatic N) is 4. The standard InChI is InChI=1S/C25H31N5O5S/c1-18-16-26-25(27-20-3-5-21(6-4-20)34-14-11-29-9-12-33-13-10-29)28-24(18)22-15-19-7-8-30(36(2,31)32)17-23(19)35-22/h3-6,15-16H,7-14,17H2,1-2H3,(H,26,27,28). The summed E-state index contributed by atoms with van der Waals surface area (Å²) >= 11 is 0. The maximum atomic E-state index is 11.9. The Bertz CT molecular complexity index is 1300. The maximum Gasteiger partial charge on any atom is 0.227 e. The molecule has 0 amide bonds. The van der Waals surface area contributed by atoms with Gasteiger partial charge in [-0.25, -0.2) is 18.4 Å². The Morgan fingerprint density at radius 3 is 2.67 bits per heavy atom. The Morgan fingerprint density at radius 1 is 1.14 bits per heavy atom. The van der Waals surface area contributed by atoms with Crippen LogP contribution < -0.4 is 10.1 Å². The van der Waals surface area contributed by atoms with Crippen LogP contribution in [-0.4, -0.2) is 79.8 Å². The summed E-state index contributed by atoms with van der Waals surface area (Å²) < 4.78 is 42.6. The van der Waals surface area contributed by atoms with Crippen molar-refractivity contribution in [1.29, 1.82) is 0 Å². The molecule has 3 aromatic rings. The van der Waals surface area contributed by atoms with Crippen molar-refractivity contribution < 1.29 is 22.3 Å². The number of aromatic nitrogens is 2. The van der Waals surface area contributed by atoms with Crippen LogP contribution in [0, 0.1) is 6.92 Å². The van der Waals surface area contributed by atoms with Gasteiger partial charge in [-0.1, -0.05) is 0 Å². The first kappa shape index (κ1) is 24.7. The number of rotatable bonds is 8. The molecule has 0 atom stereocenters. The van der Waals surface area contributed by atoms with Gasteiger partial charge in [0.05, 0.1) is 26.0 Å². The second kappa shape index (κ2) is 10.6. The topological polar surface area (TPSA) is 110 Å². The van der Waals surface area contributed by atoms with E-state index in [1.807, 2.05) is 37.3 Å². The fraction of sp³-hybridized carbons (Fsp3) is 0.440. The van der Waals surface area contributed by atoms with Crippen molar-refractivity contribution in [2.24, 2.45) is 0 Å². The van der Waals surface area contributed by atoms with Gasteiger partial charge in [-0.3, -0.25) is 4.90 Å². The monoisotopic (exact) mass is 513 g/mol. The zero-order valence-corrected chi connectivity index (χ0v) is 21.4. The van der Waals surface area contributed by atoms with E-state index >= 15 is 0 Å². The fourth-order valence-electron chi connectivity index (χ4n) is 4.33. The van der Waals surface area contributed by atoms with E-state index in [0.717, 1.165) is 55.4 Å². The maximum absolute atomic E-state index is 11.9. The van der Waals surface area contributed by atoms with E-state index in [9.17, 15) is 8.42 Å². The molecule has 4 heterocycles. The van der Waals surface area contributed by atoms with Crippen LogP contribution in [0.1, 0.15) is 16.9 Å². The quantitative estimate of drug-likeness (QED) is 0.486. The molecule has 36 heavy (non-hydrogen) atoms. The minimum Gasteiger partial charge on any atom is -0.492 e. The van der Waals surface area contributed by atoms with E-state index in [4.69, 9.17) is 13.9 Å². The molecule has 2 aliphatic rings. The number of furan rings is 1. The molecular formula is C25H31N5O5S. The van der Waals surface area contributed by atoms with Gasteiger partial charge in [0.1, 0.15) is 23.8 Å². The molecule has 0 radical (unpaired) electrons. The van der Waals surface area contributed by atoms with Gasteiger partial charge in [-0.15, -0.1) is 0 Å². The van der Waals surface area contributed by atoms with E-state index in [-0.39, 0.29) is 6.54 Å². The zero-order chi connectivity index (χ0) is 25.1. The Hall–Kier alpha value is -2.99. The average molecular weight is 514 g/mol. The summed E-state index contributed by atoms with van der Waals surface area (Å²) in [6.07, 6.45) is 3.58. The highest BCUT2D eigenvalue weighted by molar-refractivity contribution is 7.88. The second-order valence-corrected chi connectivity index (χ2v) is 11.1. The molecule has 11 heteroatoms. The largest absolute Gasteiger partial charge is 0.492 e. The highest BCUT2D eigenvalue weighted by atomic mass is 32.2. The first-order chi connectivity index (χ1) is 17.3. The Kier molecular flexibility index (Phi) is 7.24. The summed E-state index contributed by atoms with van der Waals surface area (Å²) in [7, 11) is -3.27. The molecule has 1 fully saturated rings. The molecule has 192 valence electrons. The number of morpholine rings is 1. The van der Waals surface area contributed by atoms with E-state index in [1.54, 1.807) is 6.20 Å². The number of hydrogen-bond acceptors (Lipinski definition) is 9. The minimum absolute atomic E-state index is 0.240. The zero-order valence-electron chi connectivity index (χ0n) is 20.6. The molecular weight excluding hydrogens is 482 g/mol. The van der Waals surface area contributed by atoms with Crippen molar-refractivity contribution in [3.8, 4) is 17.2 Å². The second-order valence-electron chi connectivity index (χ2n) is 9.08. The number of anilines is 2. The van der Waals surface area contributed by atoms with Gasteiger partial charge in [0.2, 0.25) is 16.0 Å². The molecule has 1 saturated heterocycles. The van der Waals surface area contributed by atoms with Crippen molar-refractivity contribution >= 4 is 21.7 Å². The lowest BCUT2D eigenvalue weighted by molar-refractivity contribution is 0.0322. The molecule has 2 aromatic heterocycles. The lowest BCUT2D eigenvalue weighted by Gasteiger charge is -2.26. The predicted octanol–water partition coefficient (Wildman–Crippen LogP) is 2.82. The number of aryl methyl sites for hydroxylation is 1. The van der Waals surface area contributed by atoms with Crippen LogP contribution in [0.4, 0.5) is 11.6 Å². The van der Waals surface area contributed by atoms with Crippen molar-refractivity contribution in [2.75, 3.05) is 57.6 Å². The first-order valence-corrected chi connectivity index (χ1v) is 13.9. The van der Waals surface area contributed by atoms with Crippen LogP contribution >= 0.6 is 0 Å². The van der Waals surface area contributed by atoms with Crippen molar-refractivity contribution in [3.05, 3.63) is 53.4 Å². The first-order valence-electron chi connectivity index (χ1n) is 12.1. The van der Waals surface area contributed by atoms with Crippen LogP contribution in [-0.2, 0) is 27.7 Å². The number of hydrogen-bond donors (Lipinski definition) is 1. The lowest BCUT2D eigenvalue weighted by atomic mass is 10.1. The number of sulfonamides is 1. The van der Waals surface area contributed by atoms with Gasteiger partial charge in [0, 0.05) is 38.1 Å². The highest BCUT2D eigenvalue weighted by Gasteiger charge is 2.27. The van der Waals surface area contributed by atoms with Crippen LogP contribution in [0.5, 0.6) is 5.75 Å². The van der Waals surface area contributed by atoms with Gasteiger partial charge < -0.3 is 19.2 Å². The van der Waals surface area contributed by atoms with Gasteiger partial charge in [0.15, 0.2) is 5.76 Å². The van der Waals surface area contributed by atoms with E-state index < -0.39 is 10.0 Å². The normalized spacial score (nSPS) is 17.1. The molecule has 2 aliphatic heterocycles. The van der Waals surface area contributed by atoms with Gasteiger partial charge in [-0.2, -0.15) is 4.31 Å². The third-order valence-corrected chi connectivity index (χ3v) is 7.66. The number of nitrogens with one attached hydrogen (secondary N) is 1. The Labute approximate surface area is 211 Å². The molecule has 10 nitrogen and oxygen atoms in total. The Morgan fingerprint density at radius 2 is 1.92 bits per heavy atom. The van der Waals surface area contributed by atoms with Crippen molar-refractivity contribution in [1.82, 2.24) is 19.2 Å². The van der Waals surface area contributed by atoms with Crippen LogP contribution in [0.25, 0.3) is 11.5 Å². The summed E-state index contributed by atoms with van der Waals surface area (Å²) in [5.41, 5.74) is 3.40. The number of ether oxygens (including phenoxy) is 2. The summed E-state index contributed by atoms with van der Waals surface area (Å²) in [6, 6.07) is 9.66. The highest BCUT2D eigenvalue weighted by Crippen LogP contribution is 2.31. The fourth-order valence-corrected chi connectivity index (χ4v) is 5.10. The van der Waals surface area contributed by atoms with Crippen LogP contribution in [0.15, 0.2) is 40.9 Å². The van der Waals surface area contributed by atoms with Crippen LogP contribution in [0.2, 0.25) is 0 Å². The molecule has 0 unspecified atom stereocenters. The predicted molar refractivity (Wildman–Crippen MR) is 136 cm³/mol. The van der Waals surface area contributed by atoms with E-state index in [1.165, 1.54) is 10.6 Å². The summed E-state index contributed by atoms with van der Waals surface area (Å²) in [6.45, 7) is 7.59. The van der Waals surface area contributed by atoms with Gasteiger partial charge in [0.25, 0.3) is 0 Å². The molecule has 0 saturated carbocycles. The molecule has 5 rings (SSSR count). The molecule has 1 N–H and O–H groups in total. The van der Waals surface area contributed by atoms with E-state index in [0.29, 0.717) is 42.7 Å². The number of benzene rings is 1. The van der Waals surface area contributed by atoms with Gasteiger partial charge in [-0.05, 0) is 54.8 Å². The molecule has 0 bridgehead atoms. The smallest absolute Gasteiger partial charge is 0.227 e. The van der Waals surface area contributed by atoms with Crippen LogP contribution in [0.3, 0.4) is 0 Å². The number of fused-ring (bicyclic) bond motifs is 1. The summed E-state index contributed by atoms with van der Waals surface area (Å²) in [4.78, 5) is 11.4. The molecule has 1 aromatic carbocycles. The van der Waals surface area contributed by atoms with E-state index in [2.05, 4.69) is 20.2 Å². The third-order valence-electron chi connectivity index (χ3n) is 6.41. The molecule has 0 aliphatic carbocycles. The van der Waals surface area contributed by atoms with Gasteiger partial charge >= 0.3 is 0 Å². The summed E-state index contributed by atoms with van der Waals surface area (Å²) in [5.74, 6) is 2.54. The SMILES string of the molecule is Cc1cnc(Nc2ccc(OCCN3CCOCC3)cc2)nc1-c1cc2c(o1)CN(S(C)(=O)=O)CC2. The summed E-state index contributed by atoms with van der Waals surface area (Å²) in [5, 5.41) is 3.24.